The zero-order chi connectivity index (χ0) is 13.9. The van der Waals surface area contributed by atoms with Crippen molar-refractivity contribution in [2.45, 2.75) is 5.75 Å². The number of nitrogens with one attached hydrogen (secondary N) is 1. The van der Waals surface area contributed by atoms with Crippen LogP contribution in [0, 0.1) is 9.39 Å². The summed E-state index contributed by atoms with van der Waals surface area (Å²) >= 11 is 1.89. The second kappa shape index (κ2) is 5.87. The van der Waals surface area contributed by atoms with Crippen molar-refractivity contribution in [3.05, 3.63) is 63.5 Å². The largest absolute Gasteiger partial charge is 0.282 e. The van der Waals surface area contributed by atoms with Crippen LogP contribution >= 0.6 is 22.6 Å². The summed E-state index contributed by atoms with van der Waals surface area (Å²) in [5.74, 6) is -0.503. The molecule has 6 heteroatoms. The van der Waals surface area contributed by atoms with E-state index in [1.54, 1.807) is 24.3 Å². The smallest absolute Gasteiger partial charge is 0.236 e. The van der Waals surface area contributed by atoms with Gasteiger partial charge in [0.1, 0.15) is 5.82 Å². The van der Waals surface area contributed by atoms with E-state index in [1.165, 1.54) is 18.2 Å². The first kappa shape index (κ1) is 14.3. The van der Waals surface area contributed by atoms with Crippen molar-refractivity contribution in [3.8, 4) is 0 Å². The Morgan fingerprint density at radius 1 is 1.11 bits per heavy atom. The molecule has 3 nitrogen and oxygen atoms in total. The Morgan fingerprint density at radius 2 is 1.79 bits per heavy atom. The number of sulfonamides is 1. The number of benzene rings is 2. The van der Waals surface area contributed by atoms with E-state index >= 15 is 0 Å². The summed E-state index contributed by atoms with van der Waals surface area (Å²) in [6, 6.07) is 12.8. The Balaban J connectivity index is 2.17. The molecule has 19 heavy (non-hydrogen) atoms. The predicted octanol–water partition coefficient (Wildman–Crippen LogP) is 3.37. The van der Waals surface area contributed by atoms with Crippen molar-refractivity contribution in [1.82, 2.24) is 0 Å². The van der Waals surface area contributed by atoms with Gasteiger partial charge in [-0.1, -0.05) is 30.3 Å². The van der Waals surface area contributed by atoms with Crippen LogP contribution < -0.4 is 4.72 Å². The first-order valence-electron chi connectivity index (χ1n) is 5.46. The van der Waals surface area contributed by atoms with Gasteiger partial charge in [-0.15, -0.1) is 0 Å². The fraction of sp³-hybridized carbons (Fsp3) is 0.0769. The van der Waals surface area contributed by atoms with Gasteiger partial charge in [-0.05, 0) is 46.4 Å². The Kier molecular flexibility index (Phi) is 4.41. The van der Waals surface area contributed by atoms with Crippen LogP contribution in [0.2, 0.25) is 0 Å². The normalized spacial score (nSPS) is 11.3. The Labute approximate surface area is 125 Å². The molecule has 0 aliphatic carbocycles. The van der Waals surface area contributed by atoms with Crippen LogP contribution in [0.25, 0.3) is 0 Å². The Hall–Kier alpha value is -1.15. The monoisotopic (exact) mass is 391 g/mol. The van der Waals surface area contributed by atoms with Gasteiger partial charge in [-0.3, -0.25) is 4.72 Å². The second-order valence-corrected chi connectivity index (χ2v) is 6.86. The van der Waals surface area contributed by atoms with Crippen molar-refractivity contribution in [1.29, 1.82) is 0 Å². The molecule has 0 amide bonds. The minimum atomic E-state index is -3.50. The molecule has 0 heterocycles. The first-order valence-corrected chi connectivity index (χ1v) is 8.19. The van der Waals surface area contributed by atoms with Crippen molar-refractivity contribution in [2.75, 3.05) is 4.72 Å². The number of hydrogen-bond donors (Lipinski definition) is 1. The average Bonchev–Trinajstić information content (AvgIpc) is 2.33. The van der Waals surface area contributed by atoms with Gasteiger partial charge in [0, 0.05) is 3.57 Å². The standard InChI is InChI=1S/C13H11FINO2S/c14-11-6-7-13(12(15)8-11)16-19(17,18)9-10-4-2-1-3-5-10/h1-8,16H,9H2. The maximum absolute atomic E-state index is 12.9. The summed E-state index contributed by atoms with van der Waals surface area (Å²) in [4.78, 5) is 0. The van der Waals surface area contributed by atoms with Crippen LogP contribution in [0.1, 0.15) is 5.56 Å². The third-order valence-electron chi connectivity index (χ3n) is 2.40. The minimum absolute atomic E-state index is 0.110. The maximum atomic E-state index is 12.9. The van der Waals surface area contributed by atoms with Crippen molar-refractivity contribution in [3.63, 3.8) is 0 Å². The second-order valence-electron chi connectivity index (χ2n) is 3.97. The minimum Gasteiger partial charge on any atom is -0.282 e. The van der Waals surface area contributed by atoms with Crippen LogP contribution in [-0.2, 0) is 15.8 Å². The van der Waals surface area contributed by atoms with E-state index in [-0.39, 0.29) is 5.75 Å². The van der Waals surface area contributed by atoms with Gasteiger partial charge < -0.3 is 0 Å². The molecular weight excluding hydrogens is 380 g/mol. The van der Waals surface area contributed by atoms with Crippen molar-refractivity contribution < 1.29 is 12.8 Å². The molecule has 1 N–H and O–H groups in total. The molecule has 2 aromatic carbocycles. The SMILES string of the molecule is O=S(=O)(Cc1ccccc1)Nc1ccc(F)cc1I. The highest BCUT2D eigenvalue weighted by Gasteiger charge is 2.13. The van der Waals surface area contributed by atoms with E-state index in [0.717, 1.165) is 0 Å². The van der Waals surface area contributed by atoms with Gasteiger partial charge in [-0.2, -0.15) is 0 Å². The third-order valence-corrected chi connectivity index (χ3v) is 4.53. The summed E-state index contributed by atoms with van der Waals surface area (Å²) in [7, 11) is -3.50. The van der Waals surface area contributed by atoms with Gasteiger partial charge in [-0.25, -0.2) is 12.8 Å². The van der Waals surface area contributed by atoms with Gasteiger partial charge in [0.25, 0.3) is 0 Å². The van der Waals surface area contributed by atoms with E-state index in [1.807, 2.05) is 28.7 Å². The molecule has 0 radical (unpaired) electrons. The lowest BCUT2D eigenvalue weighted by Gasteiger charge is -2.09. The zero-order valence-electron chi connectivity index (χ0n) is 9.81. The van der Waals surface area contributed by atoms with E-state index in [4.69, 9.17) is 0 Å². The fourth-order valence-corrected chi connectivity index (χ4v) is 3.58. The Bertz CT molecular complexity index is 674. The lowest BCUT2D eigenvalue weighted by Crippen LogP contribution is -2.15. The summed E-state index contributed by atoms with van der Waals surface area (Å²) in [5.41, 5.74) is 1.09. The maximum Gasteiger partial charge on any atom is 0.236 e. The number of anilines is 1. The summed E-state index contributed by atoms with van der Waals surface area (Å²) in [6.07, 6.45) is 0. The third kappa shape index (κ3) is 4.17. The van der Waals surface area contributed by atoms with Crippen LogP contribution in [0.5, 0.6) is 0 Å². The van der Waals surface area contributed by atoms with Gasteiger partial charge in [0.2, 0.25) is 10.0 Å². The molecule has 0 aliphatic heterocycles. The fourth-order valence-electron chi connectivity index (χ4n) is 1.57. The van der Waals surface area contributed by atoms with Crippen LogP contribution in [0.4, 0.5) is 10.1 Å². The molecule has 0 spiro atoms. The van der Waals surface area contributed by atoms with Crippen molar-refractivity contribution >= 4 is 38.3 Å². The van der Waals surface area contributed by atoms with Crippen LogP contribution in [0.15, 0.2) is 48.5 Å². The molecule has 0 aliphatic rings. The predicted molar refractivity (Wildman–Crippen MR) is 81.8 cm³/mol. The number of hydrogen-bond acceptors (Lipinski definition) is 2. The molecule has 0 atom stereocenters. The van der Waals surface area contributed by atoms with Gasteiger partial charge in [0.05, 0.1) is 11.4 Å². The van der Waals surface area contributed by atoms with Crippen molar-refractivity contribution in [2.24, 2.45) is 0 Å². The number of rotatable bonds is 4. The molecular formula is C13H11FINO2S. The van der Waals surface area contributed by atoms with E-state index in [2.05, 4.69) is 4.72 Å². The number of halogens is 2. The Morgan fingerprint density at radius 3 is 2.42 bits per heavy atom. The lowest BCUT2D eigenvalue weighted by atomic mass is 10.2. The van der Waals surface area contributed by atoms with Gasteiger partial charge >= 0.3 is 0 Å². The molecule has 2 aromatic rings. The molecule has 2 rings (SSSR count). The van der Waals surface area contributed by atoms with Crippen LogP contribution in [0.3, 0.4) is 0 Å². The summed E-state index contributed by atoms with van der Waals surface area (Å²) < 4.78 is 39.9. The average molecular weight is 391 g/mol. The molecule has 0 aromatic heterocycles. The molecule has 0 fully saturated rings. The quantitative estimate of drug-likeness (QED) is 0.813. The molecule has 0 unspecified atom stereocenters. The topological polar surface area (TPSA) is 46.2 Å². The van der Waals surface area contributed by atoms with Crippen LogP contribution in [-0.4, -0.2) is 8.42 Å². The summed E-state index contributed by atoms with van der Waals surface area (Å²) in [6.45, 7) is 0. The summed E-state index contributed by atoms with van der Waals surface area (Å²) in [5, 5.41) is 0. The van der Waals surface area contributed by atoms with Gasteiger partial charge in [0.15, 0.2) is 0 Å². The highest BCUT2D eigenvalue weighted by atomic mass is 127. The molecule has 0 saturated heterocycles. The molecule has 0 bridgehead atoms. The van der Waals surface area contributed by atoms with E-state index in [9.17, 15) is 12.8 Å². The zero-order valence-corrected chi connectivity index (χ0v) is 12.8. The van der Waals surface area contributed by atoms with E-state index in [0.29, 0.717) is 14.8 Å². The molecule has 0 saturated carbocycles. The first-order chi connectivity index (χ1) is 8.96. The lowest BCUT2D eigenvalue weighted by molar-refractivity contribution is 0.600. The highest BCUT2D eigenvalue weighted by Crippen LogP contribution is 2.21. The highest BCUT2D eigenvalue weighted by molar-refractivity contribution is 14.1. The molecule has 100 valence electrons. The van der Waals surface area contributed by atoms with E-state index < -0.39 is 15.8 Å².